The van der Waals surface area contributed by atoms with Crippen molar-refractivity contribution in [2.24, 2.45) is 5.10 Å². The maximum absolute atomic E-state index is 12.0. The molecule has 0 bridgehead atoms. The zero-order chi connectivity index (χ0) is 20.8. The molecule has 1 N–H and O–H groups in total. The summed E-state index contributed by atoms with van der Waals surface area (Å²) in [4.78, 5) is 12.0. The molecule has 5 nitrogen and oxygen atoms in total. The average Bonchev–Trinajstić information content (AvgIpc) is 3.15. The first-order valence-corrected chi connectivity index (χ1v) is 9.72. The van der Waals surface area contributed by atoms with Gasteiger partial charge in [0.15, 0.2) is 6.61 Å². The van der Waals surface area contributed by atoms with Crippen LogP contribution in [0.2, 0.25) is 5.02 Å². The van der Waals surface area contributed by atoms with Crippen LogP contribution in [-0.4, -0.2) is 18.7 Å². The van der Waals surface area contributed by atoms with Crippen LogP contribution in [0.5, 0.6) is 5.75 Å². The molecule has 1 heterocycles. The summed E-state index contributed by atoms with van der Waals surface area (Å²) in [5, 5.41) is 4.53. The van der Waals surface area contributed by atoms with Gasteiger partial charge in [0.2, 0.25) is 0 Å². The molecular weight excluding hydrogens is 388 g/mol. The first-order valence-electron chi connectivity index (χ1n) is 9.34. The van der Waals surface area contributed by atoms with Crippen molar-refractivity contribution < 1.29 is 13.9 Å². The highest BCUT2D eigenvalue weighted by atomic mass is 35.5. The number of furan rings is 1. The average molecular weight is 411 g/mol. The van der Waals surface area contributed by atoms with Crippen LogP contribution in [-0.2, 0) is 4.79 Å². The number of nitrogens with one attached hydrogen (secondary N) is 1. The van der Waals surface area contributed by atoms with Crippen LogP contribution >= 0.6 is 11.6 Å². The summed E-state index contributed by atoms with van der Waals surface area (Å²) in [6, 6.07) is 17.0. The molecule has 0 aliphatic carbocycles. The molecule has 0 aliphatic rings. The second-order valence-electron chi connectivity index (χ2n) is 6.96. The standard InChI is InChI=1S/C23H23ClN2O3/c1-15(2)18-10-8-16(3)12-22(18)28-14-23(27)26-25-13-17-9-11-21(29-17)19-6-4-5-7-20(19)24/h4-13,15H,14H2,1-3H3,(H,26,27). The Kier molecular flexibility index (Phi) is 6.73. The lowest BCUT2D eigenvalue weighted by molar-refractivity contribution is -0.123. The van der Waals surface area contributed by atoms with Crippen LogP contribution in [0, 0.1) is 6.92 Å². The van der Waals surface area contributed by atoms with Crippen LogP contribution in [0.1, 0.15) is 36.7 Å². The largest absolute Gasteiger partial charge is 0.483 e. The van der Waals surface area contributed by atoms with Gasteiger partial charge in [-0.1, -0.05) is 49.7 Å². The van der Waals surface area contributed by atoms with Crippen molar-refractivity contribution >= 4 is 23.7 Å². The normalized spacial score (nSPS) is 11.2. The minimum Gasteiger partial charge on any atom is -0.483 e. The third kappa shape index (κ3) is 5.48. The Morgan fingerprint density at radius 1 is 1.21 bits per heavy atom. The second kappa shape index (κ2) is 9.43. The highest BCUT2D eigenvalue weighted by Crippen LogP contribution is 2.29. The van der Waals surface area contributed by atoms with Crippen molar-refractivity contribution in [3.05, 3.63) is 76.5 Å². The molecule has 6 heteroatoms. The van der Waals surface area contributed by atoms with Crippen molar-refractivity contribution in [2.45, 2.75) is 26.7 Å². The number of carbonyl (C=O) groups excluding carboxylic acids is 1. The van der Waals surface area contributed by atoms with Crippen LogP contribution in [0.15, 0.2) is 64.1 Å². The number of amides is 1. The first-order chi connectivity index (χ1) is 13.9. The molecule has 1 aromatic heterocycles. The molecule has 0 spiro atoms. The van der Waals surface area contributed by atoms with Gasteiger partial charge < -0.3 is 9.15 Å². The number of hydrogen-bond acceptors (Lipinski definition) is 4. The van der Waals surface area contributed by atoms with Crippen LogP contribution in [0.3, 0.4) is 0 Å². The Bertz CT molecular complexity index is 1020. The molecular formula is C23H23ClN2O3. The Morgan fingerprint density at radius 2 is 2.00 bits per heavy atom. The fourth-order valence-corrected chi connectivity index (χ4v) is 3.04. The van der Waals surface area contributed by atoms with Gasteiger partial charge in [-0.15, -0.1) is 0 Å². The summed E-state index contributed by atoms with van der Waals surface area (Å²) in [5.74, 6) is 1.80. The molecule has 0 saturated carbocycles. The number of aryl methyl sites for hydroxylation is 1. The lowest BCUT2D eigenvalue weighted by Crippen LogP contribution is -2.24. The Hall–Kier alpha value is -3.05. The predicted octanol–water partition coefficient (Wildman–Crippen LogP) is 5.56. The number of rotatable bonds is 7. The van der Waals surface area contributed by atoms with E-state index in [1.165, 1.54) is 6.21 Å². The number of carbonyl (C=O) groups is 1. The highest BCUT2D eigenvalue weighted by Gasteiger charge is 2.10. The van der Waals surface area contributed by atoms with Gasteiger partial charge in [0.1, 0.15) is 17.3 Å². The first kappa shape index (κ1) is 20.7. The van der Waals surface area contributed by atoms with E-state index in [-0.39, 0.29) is 12.5 Å². The van der Waals surface area contributed by atoms with Crippen molar-refractivity contribution in [1.29, 1.82) is 0 Å². The van der Waals surface area contributed by atoms with Crippen molar-refractivity contribution in [2.75, 3.05) is 6.61 Å². The smallest absolute Gasteiger partial charge is 0.277 e. The zero-order valence-electron chi connectivity index (χ0n) is 16.6. The van der Waals surface area contributed by atoms with Gasteiger partial charge in [-0.25, -0.2) is 5.43 Å². The fourth-order valence-electron chi connectivity index (χ4n) is 2.82. The van der Waals surface area contributed by atoms with E-state index < -0.39 is 0 Å². The molecule has 0 fully saturated rings. The van der Waals surface area contributed by atoms with Gasteiger partial charge in [0, 0.05) is 5.56 Å². The lowest BCUT2D eigenvalue weighted by atomic mass is 10.0. The SMILES string of the molecule is Cc1ccc(C(C)C)c(OCC(=O)NN=Cc2ccc(-c3ccccc3Cl)o2)c1. The topological polar surface area (TPSA) is 63.8 Å². The van der Waals surface area contributed by atoms with E-state index in [9.17, 15) is 4.79 Å². The Labute approximate surface area is 175 Å². The van der Waals surface area contributed by atoms with Crippen LogP contribution in [0.4, 0.5) is 0 Å². The van der Waals surface area contributed by atoms with Crippen molar-refractivity contribution in [3.63, 3.8) is 0 Å². The van der Waals surface area contributed by atoms with Gasteiger partial charge in [-0.3, -0.25) is 4.79 Å². The minimum absolute atomic E-state index is 0.121. The summed E-state index contributed by atoms with van der Waals surface area (Å²) >= 11 is 6.17. The van der Waals surface area contributed by atoms with Gasteiger partial charge >= 0.3 is 0 Å². The maximum Gasteiger partial charge on any atom is 0.277 e. The van der Waals surface area contributed by atoms with Gasteiger partial charge in [-0.05, 0) is 54.3 Å². The van der Waals surface area contributed by atoms with E-state index in [0.29, 0.717) is 22.5 Å². The van der Waals surface area contributed by atoms with E-state index in [1.807, 2.05) is 43.3 Å². The number of halogens is 1. The molecule has 0 radical (unpaired) electrons. The van der Waals surface area contributed by atoms with Gasteiger partial charge in [0.05, 0.1) is 11.2 Å². The van der Waals surface area contributed by atoms with Gasteiger partial charge in [-0.2, -0.15) is 5.10 Å². The summed E-state index contributed by atoms with van der Waals surface area (Å²) in [6.45, 7) is 6.04. The molecule has 2 aromatic carbocycles. The molecule has 0 atom stereocenters. The number of hydrogen-bond donors (Lipinski definition) is 1. The molecule has 1 amide bonds. The molecule has 3 aromatic rings. The molecule has 0 unspecified atom stereocenters. The predicted molar refractivity (Wildman–Crippen MR) is 116 cm³/mol. The minimum atomic E-state index is -0.352. The molecule has 0 saturated heterocycles. The number of benzene rings is 2. The van der Waals surface area contributed by atoms with Crippen molar-refractivity contribution in [1.82, 2.24) is 5.43 Å². The Morgan fingerprint density at radius 3 is 2.76 bits per heavy atom. The van der Waals surface area contributed by atoms with E-state index in [1.54, 1.807) is 18.2 Å². The third-order valence-corrected chi connectivity index (χ3v) is 4.63. The number of nitrogens with zero attached hydrogens (tertiary/aromatic N) is 1. The monoisotopic (exact) mass is 410 g/mol. The fraction of sp³-hybridized carbons (Fsp3) is 0.217. The highest BCUT2D eigenvalue weighted by molar-refractivity contribution is 6.33. The summed E-state index contributed by atoms with van der Waals surface area (Å²) < 4.78 is 11.4. The van der Waals surface area contributed by atoms with E-state index in [0.717, 1.165) is 22.4 Å². The van der Waals surface area contributed by atoms with E-state index in [2.05, 4.69) is 24.4 Å². The molecule has 0 aliphatic heterocycles. The van der Waals surface area contributed by atoms with Crippen LogP contribution < -0.4 is 10.2 Å². The summed E-state index contributed by atoms with van der Waals surface area (Å²) in [5.41, 5.74) is 5.38. The van der Waals surface area contributed by atoms with E-state index in [4.69, 9.17) is 20.8 Å². The number of hydrazone groups is 1. The summed E-state index contributed by atoms with van der Waals surface area (Å²) in [6.07, 6.45) is 1.43. The molecule has 29 heavy (non-hydrogen) atoms. The van der Waals surface area contributed by atoms with E-state index >= 15 is 0 Å². The van der Waals surface area contributed by atoms with Crippen molar-refractivity contribution in [3.8, 4) is 17.1 Å². The third-order valence-electron chi connectivity index (χ3n) is 4.30. The summed E-state index contributed by atoms with van der Waals surface area (Å²) in [7, 11) is 0. The lowest BCUT2D eigenvalue weighted by Gasteiger charge is -2.14. The van der Waals surface area contributed by atoms with Gasteiger partial charge in [0.25, 0.3) is 5.91 Å². The second-order valence-corrected chi connectivity index (χ2v) is 7.37. The quantitative estimate of drug-likeness (QED) is 0.409. The molecule has 3 rings (SSSR count). The Balaban J connectivity index is 1.56. The zero-order valence-corrected chi connectivity index (χ0v) is 17.4. The molecule has 150 valence electrons. The van der Waals surface area contributed by atoms with Crippen LogP contribution in [0.25, 0.3) is 11.3 Å². The maximum atomic E-state index is 12.0. The number of ether oxygens (including phenoxy) is 1.